The molecule has 0 spiro atoms. The maximum absolute atomic E-state index is 13.0. The minimum absolute atomic E-state index is 0.468. The van der Waals surface area contributed by atoms with Gasteiger partial charge in [0.15, 0.2) is 6.10 Å². The van der Waals surface area contributed by atoms with E-state index in [4.69, 9.17) is 30.8 Å². The molecule has 0 saturated carbocycles. The van der Waals surface area contributed by atoms with E-state index in [1.165, 1.54) is 7.11 Å². The average molecular weight is 469 g/mol. The monoisotopic (exact) mass is 468 g/mol. The molecular weight excluding hydrogens is 440 g/mol. The number of fused-ring (bicyclic) bond motifs is 2. The number of nitrogens with one attached hydrogen (secondary N) is 1. The maximum atomic E-state index is 13.0. The van der Waals surface area contributed by atoms with Crippen molar-refractivity contribution in [2.45, 2.75) is 46.3 Å². The first-order valence-electron chi connectivity index (χ1n) is 11.0. The highest BCUT2D eigenvalue weighted by Crippen LogP contribution is 2.47. The molecule has 4 rings (SSSR count). The number of benzene rings is 2. The smallest absolute Gasteiger partial charge is 0.339 e. The Labute approximate surface area is 199 Å². The van der Waals surface area contributed by atoms with Gasteiger partial charge in [0.05, 0.1) is 28.9 Å². The predicted molar refractivity (Wildman–Crippen MR) is 131 cm³/mol. The first-order chi connectivity index (χ1) is 15.6. The van der Waals surface area contributed by atoms with E-state index in [1.807, 2.05) is 65.0 Å². The number of nitrogens with zero attached hydrogens (tertiary/aromatic N) is 1. The van der Waals surface area contributed by atoms with Crippen LogP contribution in [0.4, 0.5) is 5.69 Å². The summed E-state index contributed by atoms with van der Waals surface area (Å²) in [7, 11) is 1.37. The Morgan fingerprint density at radius 1 is 1.21 bits per heavy atom. The molecule has 33 heavy (non-hydrogen) atoms. The molecule has 0 unspecified atom stereocenters. The van der Waals surface area contributed by atoms with Gasteiger partial charge in [-0.3, -0.25) is 4.98 Å². The molecular formula is C26H29ClN2O4. The first kappa shape index (κ1) is 23.3. The van der Waals surface area contributed by atoms with Crippen LogP contribution in [0.25, 0.3) is 22.0 Å². The molecule has 7 heteroatoms. The van der Waals surface area contributed by atoms with Crippen molar-refractivity contribution in [3.63, 3.8) is 0 Å². The number of aryl methyl sites for hydroxylation is 2. The van der Waals surface area contributed by atoms with Crippen LogP contribution < -0.4 is 10.1 Å². The van der Waals surface area contributed by atoms with Crippen LogP contribution in [-0.2, 0) is 14.3 Å². The van der Waals surface area contributed by atoms with Crippen LogP contribution in [0, 0.1) is 13.8 Å². The van der Waals surface area contributed by atoms with Gasteiger partial charge in [-0.05, 0) is 70.0 Å². The molecule has 0 aliphatic carbocycles. The molecule has 0 saturated heterocycles. The normalized spacial score (nSPS) is 14.3. The quantitative estimate of drug-likeness (QED) is 0.473. The molecule has 6 nitrogen and oxygen atoms in total. The Balaban J connectivity index is 2.08. The zero-order chi connectivity index (χ0) is 23.9. The number of rotatable bonds is 4. The van der Waals surface area contributed by atoms with E-state index in [2.05, 4.69) is 5.32 Å². The van der Waals surface area contributed by atoms with E-state index in [0.29, 0.717) is 29.5 Å². The van der Waals surface area contributed by atoms with Gasteiger partial charge in [0.2, 0.25) is 0 Å². The number of ether oxygens (including phenoxy) is 3. The first-order valence-corrected chi connectivity index (χ1v) is 11.3. The second-order valence-electron chi connectivity index (χ2n) is 9.21. The Morgan fingerprint density at radius 3 is 2.67 bits per heavy atom. The van der Waals surface area contributed by atoms with Crippen molar-refractivity contribution >= 4 is 34.2 Å². The van der Waals surface area contributed by atoms with Crippen molar-refractivity contribution in [1.82, 2.24) is 4.98 Å². The molecule has 174 valence electrons. The van der Waals surface area contributed by atoms with Gasteiger partial charge in [0, 0.05) is 28.8 Å². The van der Waals surface area contributed by atoms with Crippen molar-refractivity contribution in [2.75, 3.05) is 25.6 Å². The summed E-state index contributed by atoms with van der Waals surface area (Å²) in [6, 6.07) is 9.78. The van der Waals surface area contributed by atoms with Crippen LogP contribution in [0.5, 0.6) is 5.75 Å². The van der Waals surface area contributed by atoms with Gasteiger partial charge < -0.3 is 19.5 Å². The fourth-order valence-electron chi connectivity index (χ4n) is 4.21. The second kappa shape index (κ2) is 8.84. The highest BCUT2D eigenvalue weighted by Gasteiger charge is 2.33. The number of esters is 1. The van der Waals surface area contributed by atoms with Crippen LogP contribution in [0.3, 0.4) is 0 Å². The summed E-state index contributed by atoms with van der Waals surface area (Å²) in [5, 5.41) is 4.75. The molecule has 2 aromatic carbocycles. The molecule has 1 atom stereocenters. The standard InChI is InChI=1S/C26H29ClN2O4/c1-14-13-18-16(8-7-15(2)29-18)21(20(14)24(25(30)31-6)33-26(3,4)5)17-9-10-19-23(22(17)27)28-11-12-32-19/h7-10,13,24,28H,11-12H2,1-6H3/t24-/m0/s1. The zero-order valence-electron chi connectivity index (χ0n) is 19.8. The van der Waals surface area contributed by atoms with E-state index in [0.717, 1.165) is 39.0 Å². The van der Waals surface area contributed by atoms with Crippen LogP contribution in [0.2, 0.25) is 5.02 Å². The Kier molecular flexibility index (Phi) is 6.25. The lowest BCUT2D eigenvalue weighted by Gasteiger charge is -2.30. The fraction of sp³-hybridized carbons (Fsp3) is 0.385. The van der Waals surface area contributed by atoms with Gasteiger partial charge in [-0.1, -0.05) is 17.7 Å². The second-order valence-corrected chi connectivity index (χ2v) is 9.59. The third-order valence-electron chi connectivity index (χ3n) is 5.56. The number of carbonyl (C=O) groups is 1. The Bertz CT molecular complexity index is 1230. The van der Waals surface area contributed by atoms with Crippen LogP contribution in [0.1, 0.15) is 43.7 Å². The van der Waals surface area contributed by atoms with E-state index in [9.17, 15) is 4.79 Å². The minimum atomic E-state index is -0.938. The third kappa shape index (κ3) is 4.50. The Hall–Kier alpha value is -2.83. The highest BCUT2D eigenvalue weighted by atomic mass is 35.5. The molecule has 0 bridgehead atoms. The predicted octanol–water partition coefficient (Wildman–Crippen LogP) is 6.01. The molecule has 0 radical (unpaired) electrons. The van der Waals surface area contributed by atoms with Gasteiger partial charge in [0.1, 0.15) is 12.4 Å². The van der Waals surface area contributed by atoms with Gasteiger partial charge in [0.25, 0.3) is 0 Å². The van der Waals surface area contributed by atoms with Crippen molar-refractivity contribution in [1.29, 1.82) is 0 Å². The third-order valence-corrected chi connectivity index (χ3v) is 5.96. The lowest BCUT2D eigenvalue weighted by molar-refractivity contribution is -0.164. The lowest BCUT2D eigenvalue weighted by Crippen LogP contribution is -2.29. The Morgan fingerprint density at radius 2 is 1.97 bits per heavy atom. The average Bonchev–Trinajstić information content (AvgIpc) is 2.76. The molecule has 0 amide bonds. The summed E-state index contributed by atoms with van der Waals surface area (Å²) >= 11 is 6.95. The fourth-order valence-corrected chi connectivity index (χ4v) is 4.53. The number of hydrogen-bond donors (Lipinski definition) is 1. The zero-order valence-corrected chi connectivity index (χ0v) is 20.6. The van der Waals surface area contributed by atoms with E-state index in [-0.39, 0.29) is 0 Å². The molecule has 1 N–H and O–H groups in total. The molecule has 0 fully saturated rings. The molecule has 1 aliphatic rings. The number of methoxy groups -OCH3 is 1. The van der Waals surface area contributed by atoms with Crippen molar-refractivity contribution in [2.24, 2.45) is 0 Å². The largest absolute Gasteiger partial charge is 0.490 e. The van der Waals surface area contributed by atoms with Crippen LogP contribution in [-0.4, -0.2) is 36.8 Å². The summed E-state index contributed by atoms with van der Waals surface area (Å²) in [4.78, 5) is 17.7. The number of anilines is 1. The number of hydrogen-bond acceptors (Lipinski definition) is 6. The van der Waals surface area contributed by atoms with Gasteiger partial charge in [-0.25, -0.2) is 4.79 Å². The molecule has 2 heterocycles. The summed E-state index contributed by atoms with van der Waals surface area (Å²) < 4.78 is 17.2. The SMILES string of the molecule is COC(=O)[C@@H](OC(C)(C)C)c1c(C)cc2nc(C)ccc2c1-c1ccc2c(c1Cl)NCCO2. The summed E-state index contributed by atoms with van der Waals surface area (Å²) in [5.74, 6) is 0.238. The van der Waals surface area contributed by atoms with Crippen molar-refractivity contribution in [3.05, 3.63) is 52.2 Å². The summed E-state index contributed by atoms with van der Waals surface area (Å²) in [6.07, 6.45) is -0.938. The van der Waals surface area contributed by atoms with Crippen molar-refractivity contribution < 1.29 is 19.0 Å². The molecule has 1 aromatic heterocycles. The molecule has 1 aliphatic heterocycles. The summed E-state index contributed by atoms with van der Waals surface area (Å²) in [6.45, 7) is 10.9. The minimum Gasteiger partial charge on any atom is -0.490 e. The lowest BCUT2D eigenvalue weighted by atomic mass is 9.88. The van der Waals surface area contributed by atoms with E-state index < -0.39 is 17.7 Å². The van der Waals surface area contributed by atoms with E-state index in [1.54, 1.807) is 0 Å². The maximum Gasteiger partial charge on any atom is 0.339 e. The topological polar surface area (TPSA) is 69.7 Å². The van der Waals surface area contributed by atoms with Gasteiger partial charge >= 0.3 is 5.97 Å². The highest BCUT2D eigenvalue weighted by molar-refractivity contribution is 6.37. The number of aromatic nitrogens is 1. The van der Waals surface area contributed by atoms with Gasteiger partial charge in [-0.15, -0.1) is 0 Å². The van der Waals surface area contributed by atoms with Crippen LogP contribution in [0.15, 0.2) is 30.3 Å². The molecule has 3 aromatic rings. The number of pyridine rings is 1. The van der Waals surface area contributed by atoms with Crippen molar-refractivity contribution in [3.8, 4) is 16.9 Å². The number of carbonyl (C=O) groups excluding carboxylic acids is 1. The van der Waals surface area contributed by atoms with Gasteiger partial charge in [-0.2, -0.15) is 0 Å². The van der Waals surface area contributed by atoms with Crippen LogP contribution >= 0.6 is 11.6 Å². The number of halogens is 1. The van der Waals surface area contributed by atoms with E-state index >= 15 is 0 Å². The summed E-state index contributed by atoms with van der Waals surface area (Å²) in [5.41, 5.74) is 5.05.